The van der Waals surface area contributed by atoms with Gasteiger partial charge in [0.05, 0.1) is 24.4 Å². The van der Waals surface area contributed by atoms with E-state index in [9.17, 15) is 9.59 Å². The Kier molecular flexibility index (Phi) is 6.55. The number of ether oxygens (including phenoxy) is 4. The summed E-state index contributed by atoms with van der Waals surface area (Å²) >= 11 is 1.33. The average molecular weight is 472 g/mol. The van der Waals surface area contributed by atoms with Gasteiger partial charge >= 0.3 is 0 Å². The number of nitrogens with zero attached hydrogens (tertiary/aromatic N) is 1. The van der Waals surface area contributed by atoms with Gasteiger partial charge in [0.2, 0.25) is 5.91 Å². The number of methoxy groups -OCH3 is 2. The van der Waals surface area contributed by atoms with E-state index in [1.807, 2.05) is 19.9 Å². The molecule has 1 aliphatic rings. The van der Waals surface area contributed by atoms with Gasteiger partial charge < -0.3 is 29.6 Å². The van der Waals surface area contributed by atoms with Crippen LogP contribution in [0.15, 0.2) is 30.3 Å². The molecule has 1 aromatic heterocycles. The smallest absolute Gasteiger partial charge is 0.252 e. The number of carbonyl (C=O) groups is 2. The minimum atomic E-state index is -0.776. The molecule has 0 aliphatic carbocycles. The number of thiazole rings is 1. The average Bonchev–Trinajstić information content (AvgIpc) is 3.20. The Bertz CT molecular complexity index is 1130. The van der Waals surface area contributed by atoms with Crippen LogP contribution >= 0.6 is 11.3 Å². The summed E-state index contributed by atoms with van der Waals surface area (Å²) in [5.41, 5.74) is 1.03. The number of hydrogen-bond donors (Lipinski definition) is 2. The van der Waals surface area contributed by atoms with Crippen molar-refractivity contribution in [3.63, 3.8) is 0 Å². The van der Waals surface area contributed by atoms with E-state index in [0.717, 1.165) is 4.70 Å². The van der Waals surface area contributed by atoms with Gasteiger partial charge in [0, 0.05) is 23.8 Å². The maximum absolute atomic E-state index is 13.0. The summed E-state index contributed by atoms with van der Waals surface area (Å²) in [7, 11) is 3.01. The summed E-state index contributed by atoms with van der Waals surface area (Å²) in [6, 6.07) is 7.73. The molecule has 4 rings (SSSR count). The van der Waals surface area contributed by atoms with Crippen LogP contribution in [-0.4, -0.2) is 50.3 Å². The summed E-state index contributed by atoms with van der Waals surface area (Å²) in [6.07, 6.45) is 0. The zero-order valence-electron chi connectivity index (χ0n) is 18.8. The van der Waals surface area contributed by atoms with Gasteiger partial charge in [-0.15, -0.1) is 0 Å². The highest BCUT2D eigenvalue weighted by Gasteiger charge is 2.26. The normalized spacial score (nSPS) is 13.5. The van der Waals surface area contributed by atoms with Crippen molar-refractivity contribution in [2.75, 3.05) is 32.8 Å². The second kappa shape index (κ2) is 9.53. The number of benzene rings is 2. The van der Waals surface area contributed by atoms with E-state index in [2.05, 4.69) is 15.6 Å². The standard InChI is InChI=1S/C23H25N3O6S/c1-12(2)20(25-21(27)13-7-14(29-3)9-15(8-13)30-4)22(28)26-23-24-16-10-17-18(11-19(16)33-23)32-6-5-31-17/h7-12,20H,5-6H2,1-4H3,(H,25,27)(H,24,26,28)/t20-/m1/s1. The molecule has 2 N–H and O–H groups in total. The number of aromatic nitrogens is 1. The fraction of sp³-hybridized carbons (Fsp3) is 0.348. The molecule has 174 valence electrons. The second-order valence-corrected chi connectivity index (χ2v) is 8.80. The molecule has 33 heavy (non-hydrogen) atoms. The van der Waals surface area contributed by atoms with Crippen LogP contribution < -0.4 is 29.6 Å². The van der Waals surface area contributed by atoms with Crippen LogP contribution in [-0.2, 0) is 4.79 Å². The molecule has 0 radical (unpaired) electrons. The quantitative estimate of drug-likeness (QED) is 0.543. The van der Waals surface area contributed by atoms with Gasteiger partial charge in [-0.05, 0) is 18.1 Å². The molecular formula is C23H25N3O6S. The Labute approximate surface area is 195 Å². The molecule has 2 heterocycles. The molecule has 10 heteroatoms. The van der Waals surface area contributed by atoms with Gasteiger partial charge in [-0.3, -0.25) is 9.59 Å². The Balaban J connectivity index is 1.51. The van der Waals surface area contributed by atoms with Gasteiger partial charge in [-0.2, -0.15) is 0 Å². The van der Waals surface area contributed by atoms with Crippen LogP contribution in [0, 0.1) is 5.92 Å². The highest BCUT2D eigenvalue weighted by atomic mass is 32.1. The van der Waals surface area contributed by atoms with Crippen molar-refractivity contribution >= 4 is 38.5 Å². The zero-order chi connectivity index (χ0) is 23.5. The molecule has 1 aliphatic heterocycles. The zero-order valence-corrected chi connectivity index (χ0v) is 19.6. The molecule has 2 amide bonds. The topological polar surface area (TPSA) is 108 Å². The van der Waals surface area contributed by atoms with Crippen LogP contribution in [0.2, 0.25) is 0 Å². The molecular weight excluding hydrogens is 446 g/mol. The summed E-state index contributed by atoms with van der Waals surface area (Å²) in [5.74, 6) is 1.33. The minimum Gasteiger partial charge on any atom is -0.497 e. The predicted octanol–water partition coefficient (Wildman–Crippen LogP) is 3.48. The van der Waals surface area contributed by atoms with Crippen molar-refractivity contribution in [3.8, 4) is 23.0 Å². The molecule has 0 bridgehead atoms. The van der Waals surface area contributed by atoms with E-state index in [1.54, 1.807) is 24.3 Å². The fourth-order valence-electron chi connectivity index (χ4n) is 3.40. The van der Waals surface area contributed by atoms with Gasteiger partial charge in [-0.1, -0.05) is 25.2 Å². The van der Waals surface area contributed by atoms with E-state index in [0.29, 0.717) is 52.4 Å². The van der Waals surface area contributed by atoms with Crippen LogP contribution in [0.25, 0.3) is 10.2 Å². The molecule has 0 spiro atoms. The number of anilines is 1. The predicted molar refractivity (Wildman–Crippen MR) is 125 cm³/mol. The first-order valence-corrected chi connectivity index (χ1v) is 11.2. The van der Waals surface area contributed by atoms with Crippen LogP contribution in [0.5, 0.6) is 23.0 Å². The van der Waals surface area contributed by atoms with Crippen molar-refractivity contribution in [1.82, 2.24) is 10.3 Å². The first-order chi connectivity index (χ1) is 15.9. The van der Waals surface area contributed by atoms with E-state index >= 15 is 0 Å². The Morgan fingerprint density at radius 2 is 1.64 bits per heavy atom. The van der Waals surface area contributed by atoms with E-state index < -0.39 is 11.9 Å². The summed E-state index contributed by atoms with van der Waals surface area (Å²) in [4.78, 5) is 30.4. The lowest BCUT2D eigenvalue weighted by atomic mass is 10.0. The monoisotopic (exact) mass is 471 g/mol. The lowest BCUT2D eigenvalue weighted by Gasteiger charge is -2.21. The second-order valence-electron chi connectivity index (χ2n) is 7.77. The SMILES string of the molecule is COc1cc(OC)cc(C(=O)N[C@@H](C(=O)Nc2nc3cc4c(cc3s2)OCCO4)C(C)C)c1. The van der Waals surface area contributed by atoms with E-state index in [-0.39, 0.29) is 11.8 Å². The third-order valence-electron chi connectivity index (χ3n) is 5.13. The summed E-state index contributed by atoms with van der Waals surface area (Å²) in [6.45, 7) is 4.70. The largest absolute Gasteiger partial charge is 0.497 e. The molecule has 9 nitrogen and oxygen atoms in total. The van der Waals surface area contributed by atoms with Gasteiger partial charge in [0.15, 0.2) is 16.6 Å². The van der Waals surface area contributed by atoms with Gasteiger partial charge in [0.1, 0.15) is 30.8 Å². The number of nitrogens with one attached hydrogen (secondary N) is 2. The highest BCUT2D eigenvalue weighted by Crippen LogP contribution is 2.37. The van der Waals surface area contributed by atoms with E-state index in [1.165, 1.54) is 25.6 Å². The maximum Gasteiger partial charge on any atom is 0.252 e. The van der Waals surface area contributed by atoms with Crippen molar-refractivity contribution in [2.24, 2.45) is 5.92 Å². The molecule has 2 aromatic carbocycles. The third-order valence-corrected chi connectivity index (χ3v) is 6.07. The van der Waals surface area contributed by atoms with Crippen molar-refractivity contribution in [3.05, 3.63) is 35.9 Å². The highest BCUT2D eigenvalue weighted by molar-refractivity contribution is 7.22. The van der Waals surface area contributed by atoms with Crippen LogP contribution in [0.3, 0.4) is 0 Å². The first kappa shape index (κ1) is 22.7. The van der Waals surface area contributed by atoms with Gasteiger partial charge in [-0.25, -0.2) is 4.98 Å². The summed E-state index contributed by atoms with van der Waals surface area (Å²) in [5, 5.41) is 6.07. The molecule has 0 fully saturated rings. The Hall–Kier alpha value is -3.53. The van der Waals surface area contributed by atoms with Crippen LogP contribution in [0.1, 0.15) is 24.2 Å². The molecule has 0 unspecified atom stereocenters. The van der Waals surface area contributed by atoms with Crippen molar-refractivity contribution in [2.45, 2.75) is 19.9 Å². The molecule has 0 saturated heterocycles. The number of amides is 2. The fourth-order valence-corrected chi connectivity index (χ4v) is 4.28. The lowest BCUT2D eigenvalue weighted by molar-refractivity contribution is -0.118. The number of fused-ring (bicyclic) bond motifs is 2. The molecule has 0 saturated carbocycles. The minimum absolute atomic E-state index is 0.162. The lowest BCUT2D eigenvalue weighted by Crippen LogP contribution is -2.47. The van der Waals surface area contributed by atoms with Crippen LogP contribution in [0.4, 0.5) is 5.13 Å². The molecule has 1 atom stereocenters. The van der Waals surface area contributed by atoms with Crippen molar-refractivity contribution < 1.29 is 28.5 Å². The van der Waals surface area contributed by atoms with Crippen molar-refractivity contribution in [1.29, 1.82) is 0 Å². The number of rotatable bonds is 7. The first-order valence-electron chi connectivity index (χ1n) is 10.4. The van der Waals surface area contributed by atoms with Gasteiger partial charge in [0.25, 0.3) is 5.91 Å². The Morgan fingerprint density at radius 3 is 2.24 bits per heavy atom. The summed E-state index contributed by atoms with van der Waals surface area (Å²) < 4.78 is 22.5. The molecule has 3 aromatic rings. The third kappa shape index (κ3) is 4.95. The number of hydrogen-bond acceptors (Lipinski definition) is 8. The number of carbonyl (C=O) groups excluding carboxylic acids is 2. The van der Waals surface area contributed by atoms with E-state index in [4.69, 9.17) is 18.9 Å². The maximum atomic E-state index is 13.0. The Morgan fingerprint density at radius 1 is 1.00 bits per heavy atom.